The second-order valence-electron chi connectivity index (χ2n) is 6.38. The first-order chi connectivity index (χ1) is 11.7. The monoisotopic (exact) mass is 314 g/mol. The summed E-state index contributed by atoms with van der Waals surface area (Å²) < 4.78 is 4.56. The number of benzene rings is 2. The van der Waals surface area contributed by atoms with Crippen molar-refractivity contribution in [3.8, 4) is 5.69 Å². The van der Waals surface area contributed by atoms with Gasteiger partial charge in [-0.1, -0.05) is 42.5 Å². The number of fused-ring (bicyclic) bond motifs is 1. The molecule has 0 saturated carbocycles. The Labute approximate surface area is 143 Å². The van der Waals surface area contributed by atoms with Crippen molar-refractivity contribution in [2.45, 2.75) is 6.92 Å². The van der Waals surface area contributed by atoms with Crippen molar-refractivity contribution in [3.63, 3.8) is 0 Å². The maximum atomic E-state index is 2.30. The van der Waals surface area contributed by atoms with Crippen LogP contribution in [-0.4, -0.2) is 23.3 Å². The molecule has 0 amide bonds. The van der Waals surface area contributed by atoms with Crippen LogP contribution in [0.15, 0.2) is 67.0 Å². The fraction of sp³-hybridized carbons (Fsp3) is 0.150. The molecule has 1 aliphatic heterocycles. The van der Waals surface area contributed by atoms with E-state index in [9.17, 15) is 0 Å². The Hall–Kier alpha value is -2.75. The Balaban J connectivity index is 1.87. The first kappa shape index (κ1) is 14.8. The predicted molar refractivity (Wildman–Crippen MR) is 99.9 cm³/mol. The minimum atomic E-state index is 0.222. The summed E-state index contributed by atoms with van der Waals surface area (Å²) in [7, 11) is 4.30. The van der Waals surface area contributed by atoms with Crippen LogP contribution in [0.1, 0.15) is 11.4 Å². The van der Waals surface area contributed by atoms with Crippen LogP contribution >= 0.6 is 0 Å². The maximum Gasteiger partial charge on any atom is 0.376 e. The van der Waals surface area contributed by atoms with Crippen molar-refractivity contribution in [3.05, 3.63) is 78.4 Å². The van der Waals surface area contributed by atoms with E-state index in [4.69, 9.17) is 0 Å². The molecule has 0 radical (unpaired) electrons. The van der Waals surface area contributed by atoms with Crippen LogP contribution < -0.4 is 15.6 Å². The van der Waals surface area contributed by atoms with Crippen LogP contribution in [0.2, 0.25) is 0 Å². The molecule has 0 saturated heterocycles. The lowest BCUT2D eigenvalue weighted by Crippen LogP contribution is -2.57. The van der Waals surface area contributed by atoms with Gasteiger partial charge in [0, 0.05) is 6.92 Å². The van der Waals surface area contributed by atoms with Gasteiger partial charge in [0.05, 0.1) is 7.05 Å². The number of imidazole rings is 1. The number of hydrogen-bond acceptors (Lipinski definition) is 1. The van der Waals surface area contributed by atoms with Gasteiger partial charge in [0.25, 0.3) is 5.82 Å². The molecule has 2 heterocycles. The molecule has 2 aromatic carbocycles. The molecule has 0 aliphatic carbocycles. The summed E-state index contributed by atoms with van der Waals surface area (Å²) in [5.74, 6) is 1.22. The van der Waals surface area contributed by atoms with Gasteiger partial charge in [0.2, 0.25) is 0 Å². The van der Waals surface area contributed by atoms with Crippen LogP contribution in [0, 0.1) is 6.92 Å². The number of nitrogens with zero attached hydrogens (tertiary/aromatic N) is 3. The highest BCUT2D eigenvalue weighted by molar-refractivity contribution is 6.83. The van der Waals surface area contributed by atoms with Crippen molar-refractivity contribution >= 4 is 24.0 Å². The molecule has 1 aliphatic rings. The van der Waals surface area contributed by atoms with E-state index in [1.807, 2.05) is 0 Å². The van der Waals surface area contributed by atoms with E-state index in [1.54, 1.807) is 0 Å². The van der Waals surface area contributed by atoms with E-state index in [-0.39, 0.29) is 6.85 Å². The lowest BCUT2D eigenvalue weighted by molar-refractivity contribution is -0.601. The average Bonchev–Trinajstić information content (AvgIpc) is 2.91. The van der Waals surface area contributed by atoms with Crippen molar-refractivity contribution < 1.29 is 4.57 Å². The highest BCUT2D eigenvalue weighted by atomic mass is 15.2. The first-order valence-corrected chi connectivity index (χ1v) is 8.29. The van der Waals surface area contributed by atoms with E-state index in [2.05, 4.69) is 108 Å². The third-order valence-electron chi connectivity index (χ3n) is 4.98. The fourth-order valence-electron chi connectivity index (χ4n) is 3.55. The van der Waals surface area contributed by atoms with E-state index < -0.39 is 0 Å². The normalized spacial score (nSPS) is 13.3. The zero-order valence-corrected chi connectivity index (χ0v) is 14.3. The van der Waals surface area contributed by atoms with Crippen LogP contribution in [0.3, 0.4) is 0 Å². The Morgan fingerprint density at radius 2 is 1.62 bits per heavy atom. The van der Waals surface area contributed by atoms with E-state index in [0.29, 0.717) is 0 Å². The Bertz CT molecular complexity index is 912. The molecule has 0 spiro atoms. The van der Waals surface area contributed by atoms with E-state index in [0.717, 1.165) is 0 Å². The third kappa shape index (κ3) is 2.26. The molecule has 3 aromatic rings. The van der Waals surface area contributed by atoms with Gasteiger partial charge in [-0.25, -0.2) is 9.13 Å². The molecule has 3 nitrogen and oxygen atoms in total. The smallest absolute Gasteiger partial charge is 0.376 e. The van der Waals surface area contributed by atoms with Gasteiger partial charge in [-0.3, -0.25) is 0 Å². The zero-order valence-electron chi connectivity index (χ0n) is 14.3. The molecule has 118 valence electrons. The first-order valence-electron chi connectivity index (χ1n) is 8.29. The van der Waals surface area contributed by atoms with Gasteiger partial charge in [0.1, 0.15) is 17.5 Å². The van der Waals surface area contributed by atoms with Crippen molar-refractivity contribution in [2.24, 2.45) is 7.05 Å². The van der Waals surface area contributed by atoms with Gasteiger partial charge in [0.15, 0.2) is 0 Å². The summed E-state index contributed by atoms with van der Waals surface area (Å²) in [5, 5.41) is 0. The quantitative estimate of drug-likeness (QED) is 0.517. The highest BCUT2D eigenvalue weighted by Gasteiger charge is 2.36. The van der Waals surface area contributed by atoms with Gasteiger partial charge < -0.3 is 4.81 Å². The molecule has 24 heavy (non-hydrogen) atoms. The molecule has 0 bridgehead atoms. The van der Waals surface area contributed by atoms with Crippen molar-refractivity contribution in [1.29, 1.82) is 0 Å². The third-order valence-corrected chi connectivity index (χ3v) is 4.98. The molecule has 1 aromatic heterocycles. The van der Waals surface area contributed by atoms with E-state index >= 15 is 0 Å². The van der Waals surface area contributed by atoms with Gasteiger partial charge >= 0.3 is 6.85 Å². The van der Waals surface area contributed by atoms with Crippen molar-refractivity contribution in [1.82, 2.24) is 9.38 Å². The Morgan fingerprint density at radius 3 is 2.42 bits per heavy atom. The average molecular weight is 314 g/mol. The molecule has 0 unspecified atom stereocenters. The molecule has 0 fully saturated rings. The van der Waals surface area contributed by atoms with E-state index in [1.165, 1.54) is 28.1 Å². The van der Waals surface area contributed by atoms with Crippen molar-refractivity contribution in [2.75, 3.05) is 7.05 Å². The lowest BCUT2D eigenvalue weighted by atomic mass is 9.49. The summed E-state index contributed by atoms with van der Waals surface area (Å²) in [5.41, 5.74) is 5.13. The molecular weight excluding hydrogens is 293 g/mol. The van der Waals surface area contributed by atoms with Gasteiger partial charge in [-0.2, -0.15) is 0 Å². The summed E-state index contributed by atoms with van der Waals surface area (Å²) >= 11 is 0. The molecule has 0 atom stereocenters. The van der Waals surface area contributed by atoms with Crippen LogP contribution in [0.4, 0.5) is 0 Å². The summed E-state index contributed by atoms with van der Waals surface area (Å²) in [6.45, 7) is 2.39. The lowest BCUT2D eigenvalue weighted by Gasteiger charge is -2.27. The number of hydrogen-bond donors (Lipinski definition) is 0. The molecule has 4 heteroatoms. The standard InChI is InChI=1S/C20H21BN3/c1-16-23(3)20(15-24(16)18-10-5-4-6-11-18)21-19-12-8-7-9-17(19)13-14-22(21)2/h4-15H,1-3H3/q+1. The van der Waals surface area contributed by atoms with Gasteiger partial charge in [-0.15, -0.1) is 0 Å². The Morgan fingerprint density at radius 1 is 0.917 bits per heavy atom. The number of para-hydroxylation sites is 1. The number of rotatable bonds is 2. The highest BCUT2D eigenvalue weighted by Crippen LogP contribution is 2.11. The fourth-order valence-corrected chi connectivity index (χ4v) is 3.55. The Kier molecular flexibility index (Phi) is 3.53. The minimum absolute atomic E-state index is 0.222. The van der Waals surface area contributed by atoms with Crippen LogP contribution in [0.5, 0.6) is 0 Å². The molecule has 0 N–H and O–H groups in total. The largest absolute Gasteiger partial charge is 0.413 e. The van der Waals surface area contributed by atoms with Crippen LogP contribution in [0.25, 0.3) is 11.8 Å². The molecular formula is C20H21BN3+. The summed E-state index contributed by atoms with van der Waals surface area (Å²) in [6.07, 6.45) is 6.62. The second-order valence-corrected chi connectivity index (χ2v) is 6.38. The predicted octanol–water partition coefficient (Wildman–Crippen LogP) is 1.63. The second kappa shape index (κ2) is 5.71. The minimum Gasteiger partial charge on any atom is -0.413 e. The van der Waals surface area contributed by atoms with Gasteiger partial charge in [-0.05, 0) is 42.5 Å². The van der Waals surface area contributed by atoms with Crippen LogP contribution in [-0.2, 0) is 7.05 Å². The topological polar surface area (TPSA) is 12.1 Å². The number of aromatic nitrogens is 2. The summed E-state index contributed by atoms with van der Waals surface area (Å²) in [4.78, 5) is 2.28. The summed E-state index contributed by atoms with van der Waals surface area (Å²) in [6, 6.07) is 19.2. The zero-order chi connectivity index (χ0) is 16.7. The molecule has 4 rings (SSSR count). The SMILES string of the molecule is Cc1n(C)c(B2c3ccccc3C=CN2C)c[n+]1-c1ccccc1. The maximum absolute atomic E-state index is 2.30.